The molecule has 0 radical (unpaired) electrons. The second-order valence-corrected chi connectivity index (χ2v) is 5.20. The number of nitrogens with zero attached hydrogens (tertiary/aromatic N) is 1. The van der Waals surface area contributed by atoms with Gasteiger partial charge in [0, 0.05) is 17.3 Å². The van der Waals surface area contributed by atoms with Gasteiger partial charge in [-0.25, -0.2) is 0 Å². The Labute approximate surface area is 124 Å². The van der Waals surface area contributed by atoms with Crippen molar-refractivity contribution in [3.05, 3.63) is 50.0 Å². The molecule has 0 saturated carbocycles. The Kier molecular flexibility index (Phi) is 4.36. The first-order valence-corrected chi connectivity index (χ1v) is 6.44. The Morgan fingerprint density at radius 2 is 1.61 bits per heavy atom. The summed E-state index contributed by atoms with van der Waals surface area (Å²) >= 11 is 23.6. The highest BCUT2D eigenvalue weighted by Gasteiger charge is 2.12. The van der Waals surface area contributed by atoms with Gasteiger partial charge in [-0.2, -0.15) is 0 Å². The maximum Gasteiger partial charge on any atom is 0.0778 e. The summed E-state index contributed by atoms with van der Waals surface area (Å²) in [6.45, 7) is -0.180. The van der Waals surface area contributed by atoms with E-state index in [0.717, 1.165) is 0 Å². The van der Waals surface area contributed by atoms with Crippen LogP contribution in [0.15, 0.2) is 24.4 Å². The summed E-state index contributed by atoms with van der Waals surface area (Å²) in [5.74, 6) is 0. The van der Waals surface area contributed by atoms with Gasteiger partial charge in [0.15, 0.2) is 0 Å². The van der Waals surface area contributed by atoms with E-state index in [9.17, 15) is 5.11 Å². The van der Waals surface area contributed by atoms with E-state index in [1.807, 2.05) is 0 Å². The summed E-state index contributed by atoms with van der Waals surface area (Å²) in [5, 5.41) is 10.7. The Morgan fingerprint density at radius 3 is 2.17 bits per heavy atom. The van der Waals surface area contributed by atoms with E-state index < -0.39 is 0 Å². The fourth-order valence-corrected chi connectivity index (χ4v) is 2.33. The normalized spacial score (nSPS) is 10.7. The van der Waals surface area contributed by atoms with Crippen LogP contribution in [0, 0.1) is 0 Å². The molecule has 0 atom stereocenters. The molecule has 0 fully saturated rings. The monoisotopic (exact) mass is 321 g/mol. The highest BCUT2D eigenvalue weighted by molar-refractivity contribution is 6.48. The molecule has 2 rings (SSSR count). The third-order valence-electron chi connectivity index (χ3n) is 2.36. The maximum atomic E-state index is 9.31. The lowest BCUT2D eigenvalue weighted by molar-refractivity contribution is 0.282. The number of aliphatic hydroxyl groups excluding tert-OH is 1. The van der Waals surface area contributed by atoms with Crippen molar-refractivity contribution in [2.45, 2.75) is 6.61 Å². The smallest absolute Gasteiger partial charge is 0.0778 e. The lowest BCUT2D eigenvalue weighted by Crippen LogP contribution is -1.93. The van der Waals surface area contributed by atoms with Crippen LogP contribution in [0.3, 0.4) is 0 Å². The van der Waals surface area contributed by atoms with E-state index in [1.165, 1.54) is 6.20 Å². The highest BCUT2D eigenvalue weighted by Crippen LogP contribution is 2.35. The number of benzene rings is 1. The first kappa shape index (κ1) is 13.9. The van der Waals surface area contributed by atoms with Crippen LogP contribution >= 0.6 is 46.4 Å². The molecule has 6 heteroatoms. The lowest BCUT2D eigenvalue weighted by atomic mass is 10.1. The zero-order valence-electron chi connectivity index (χ0n) is 8.92. The van der Waals surface area contributed by atoms with Crippen LogP contribution in [-0.2, 0) is 6.61 Å². The van der Waals surface area contributed by atoms with Crippen LogP contribution < -0.4 is 0 Å². The van der Waals surface area contributed by atoms with Gasteiger partial charge >= 0.3 is 0 Å². The lowest BCUT2D eigenvalue weighted by Gasteiger charge is -2.09. The zero-order valence-corrected chi connectivity index (χ0v) is 11.9. The molecule has 1 N–H and O–H groups in total. The Balaban J connectivity index is 2.62. The molecule has 0 bridgehead atoms. The third kappa shape index (κ3) is 2.73. The fourth-order valence-electron chi connectivity index (χ4n) is 1.55. The molecule has 0 amide bonds. The van der Waals surface area contributed by atoms with Crippen LogP contribution in [0.1, 0.15) is 5.56 Å². The molecule has 2 aromatic rings. The van der Waals surface area contributed by atoms with E-state index in [2.05, 4.69) is 4.98 Å². The maximum absolute atomic E-state index is 9.31. The molecule has 0 spiro atoms. The van der Waals surface area contributed by atoms with Gasteiger partial charge in [0.1, 0.15) is 0 Å². The number of pyridine rings is 1. The standard InChI is InChI=1S/C12H7Cl4NO/c13-8-1-7(5-18)12(17-4-8)6-2-9(14)11(16)10(15)3-6/h1-4,18H,5H2. The first-order chi connectivity index (χ1) is 8.52. The predicted molar refractivity (Wildman–Crippen MR) is 75.6 cm³/mol. The quantitative estimate of drug-likeness (QED) is 0.801. The van der Waals surface area contributed by atoms with Crippen LogP contribution in [0.4, 0.5) is 0 Å². The largest absolute Gasteiger partial charge is 0.392 e. The van der Waals surface area contributed by atoms with Crippen LogP contribution in [-0.4, -0.2) is 10.1 Å². The van der Waals surface area contributed by atoms with Gasteiger partial charge in [0.25, 0.3) is 0 Å². The number of aromatic nitrogens is 1. The Bertz CT molecular complexity index is 578. The second-order valence-electron chi connectivity index (χ2n) is 3.57. The second kappa shape index (κ2) is 5.64. The van der Waals surface area contributed by atoms with E-state index in [4.69, 9.17) is 46.4 Å². The number of rotatable bonds is 2. The van der Waals surface area contributed by atoms with Crippen molar-refractivity contribution in [2.24, 2.45) is 0 Å². The van der Waals surface area contributed by atoms with Gasteiger partial charge in [-0.3, -0.25) is 4.98 Å². The summed E-state index contributed by atoms with van der Waals surface area (Å²) in [4.78, 5) is 4.18. The minimum atomic E-state index is -0.180. The third-order valence-corrected chi connectivity index (χ3v) is 3.76. The average Bonchev–Trinajstić information content (AvgIpc) is 2.35. The van der Waals surface area contributed by atoms with Crippen molar-refractivity contribution >= 4 is 46.4 Å². The summed E-state index contributed by atoms with van der Waals surface area (Å²) in [5.41, 5.74) is 1.84. The fraction of sp³-hybridized carbons (Fsp3) is 0.0833. The molecule has 1 heterocycles. The topological polar surface area (TPSA) is 33.1 Å². The van der Waals surface area contributed by atoms with E-state index in [1.54, 1.807) is 18.2 Å². The van der Waals surface area contributed by atoms with E-state index in [-0.39, 0.29) is 6.61 Å². The predicted octanol–water partition coefficient (Wildman–Crippen LogP) is 4.85. The van der Waals surface area contributed by atoms with E-state index in [0.29, 0.717) is 36.9 Å². The molecular formula is C12H7Cl4NO. The molecule has 0 saturated heterocycles. The molecule has 0 aliphatic heterocycles. The minimum absolute atomic E-state index is 0.180. The van der Waals surface area contributed by atoms with Gasteiger partial charge in [-0.15, -0.1) is 0 Å². The minimum Gasteiger partial charge on any atom is -0.392 e. The van der Waals surface area contributed by atoms with Crippen LogP contribution in [0.5, 0.6) is 0 Å². The van der Waals surface area contributed by atoms with Gasteiger partial charge in [0.2, 0.25) is 0 Å². The number of hydrogen-bond donors (Lipinski definition) is 1. The van der Waals surface area contributed by atoms with Gasteiger partial charge < -0.3 is 5.11 Å². The molecule has 1 aromatic carbocycles. The van der Waals surface area contributed by atoms with Crippen LogP contribution in [0.2, 0.25) is 20.1 Å². The molecule has 0 aliphatic carbocycles. The van der Waals surface area contributed by atoms with Crippen molar-refractivity contribution in [1.82, 2.24) is 4.98 Å². The van der Waals surface area contributed by atoms with Gasteiger partial charge in [0.05, 0.1) is 32.4 Å². The first-order valence-electron chi connectivity index (χ1n) is 4.93. The Morgan fingerprint density at radius 1 is 1.00 bits per heavy atom. The summed E-state index contributed by atoms with van der Waals surface area (Å²) < 4.78 is 0. The SMILES string of the molecule is OCc1cc(Cl)cnc1-c1cc(Cl)c(Cl)c(Cl)c1. The van der Waals surface area contributed by atoms with Crippen molar-refractivity contribution in [1.29, 1.82) is 0 Å². The Hall–Kier alpha value is -0.510. The summed E-state index contributed by atoms with van der Waals surface area (Å²) in [6, 6.07) is 4.93. The summed E-state index contributed by atoms with van der Waals surface area (Å²) in [7, 11) is 0. The molecular weight excluding hydrogens is 316 g/mol. The number of hydrogen-bond acceptors (Lipinski definition) is 2. The molecule has 1 aromatic heterocycles. The molecule has 94 valence electrons. The van der Waals surface area contributed by atoms with Crippen molar-refractivity contribution < 1.29 is 5.11 Å². The van der Waals surface area contributed by atoms with Crippen LogP contribution in [0.25, 0.3) is 11.3 Å². The number of aliphatic hydroxyl groups is 1. The molecule has 18 heavy (non-hydrogen) atoms. The summed E-state index contributed by atoms with van der Waals surface area (Å²) in [6.07, 6.45) is 1.49. The van der Waals surface area contributed by atoms with Crippen molar-refractivity contribution in [3.63, 3.8) is 0 Å². The molecule has 0 unspecified atom stereocenters. The highest BCUT2D eigenvalue weighted by atomic mass is 35.5. The number of halogens is 4. The van der Waals surface area contributed by atoms with Gasteiger partial charge in [-0.1, -0.05) is 46.4 Å². The molecule has 2 nitrogen and oxygen atoms in total. The average molecular weight is 323 g/mol. The van der Waals surface area contributed by atoms with Gasteiger partial charge in [-0.05, 0) is 18.2 Å². The van der Waals surface area contributed by atoms with Crippen molar-refractivity contribution in [3.8, 4) is 11.3 Å². The molecule has 0 aliphatic rings. The van der Waals surface area contributed by atoms with Crippen molar-refractivity contribution in [2.75, 3.05) is 0 Å². The van der Waals surface area contributed by atoms with E-state index >= 15 is 0 Å². The zero-order chi connectivity index (χ0) is 13.3.